The Bertz CT molecular complexity index is 385. The molecule has 108 valence electrons. The monoisotopic (exact) mass is 264 g/mol. The molecule has 0 radical (unpaired) electrons. The third kappa shape index (κ3) is 6.41. The number of anilines is 2. The van der Waals surface area contributed by atoms with Crippen LogP contribution in [0.4, 0.5) is 11.6 Å². The summed E-state index contributed by atoms with van der Waals surface area (Å²) in [4.78, 5) is 8.48. The summed E-state index contributed by atoms with van der Waals surface area (Å²) in [5, 5.41) is 6.70. The van der Waals surface area contributed by atoms with Crippen LogP contribution < -0.4 is 10.6 Å². The lowest BCUT2D eigenvalue weighted by atomic mass is 9.84. The number of hydrogen-bond donors (Lipinski definition) is 2. The molecule has 2 N–H and O–H groups in total. The van der Waals surface area contributed by atoms with Gasteiger partial charge in [-0.15, -0.1) is 0 Å². The zero-order valence-electron chi connectivity index (χ0n) is 13.1. The van der Waals surface area contributed by atoms with Crippen LogP contribution in [0.15, 0.2) is 12.4 Å². The van der Waals surface area contributed by atoms with Crippen LogP contribution in [-0.4, -0.2) is 22.6 Å². The molecule has 1 aromatic rings. The molecule has 0 fully saturated rings. The van der Waals surface area contributed by atoms with E-state index in [4.69, 9.17) is 0 Å². The molecule has 1 heterocycles. The highest BCUT2D eigenvalue weighted by atomic mass is 15.1. The maximum absolute atomic E-state index is 4.27. The van der Waals surface area contributed by atoms with Gasteiger partial charge >= 0.3 is 0 Å². The van der Waals surface area contributed by atoms with Gasteiger partial charge in [-0.1, -0.05) is 27.7 Å². The highest BCUT2D eigenvalue weighted by Crippen LogP contribution is 2.25. The zero-order valence-corrected chi connectivity index (χ0v) is 13.1. The summed E-state index contributed by atoms with van der Waals surface area (Å²) in [5.41, 5.74) is 0.269. The fourth-order valence-corrected chi connectivity index (χ4v) is 2.34. The summed E-state index contributed by atoms with van der Waals surface area (Å²) in [6.07, 6.45) is 2.80. The van der Waals surface area contributed by atoms with Gasteiger partial charge in [0.15, 0.2) is 0 Å². The topological polar surface area (TPSA) is 49.8 Å². The van der Waals surface area contributed by atoms with E-state index in [1.807, 2.05) is 6.07 Å². The first-order valence-corrected chi connectivity index (χ1v) is 7.11. The Morgan fingerprint density at radius 3 is 2.32 bits per heavy atom. The lowest BCUT2D eigenvalue weighted by Gasteiger charge is -2.27. The first-order chi connectivity index (χ1) is 8.78. The SMILES string of the molecule is CC(C)CC(C)(C)CNc1cc(NC(C)C)ncn1. The second kappa shape index (κ2) is 6.73. The number of aromatic nitrogens is 2. The average Bonchev–Trinajstić information content (AvgIpc) is 2.24. The first kappa shape index (κ1) is 15.7. The molecule has 0 bridgehead atoms. The van der Waals surface area contributed by atoms with Crippen LogP contribution in [0.1, 0.15) is 48.0 Å². The maximum atomic E-state index is 4.27. The molecule has 4 heteroatoms. The van der Waals surface area contributed by atoms with Gasteiger partial charge in [-0.05, 0) is 31.6 Å². The fraction of sp³-hybridized carbons (Fsp3) is 0.733. The maximum Gasteiger partial charge on any atom is 0.131 e. The summed E-state index contributed by atoms with van der Waals surface area (Å²) in [5.74, 6) is 2.46. The molecule has 0 unspecified atom stereocenters. The van der Waals surface area contributed by atoms with Crippen LogP contribution >= 0.6 is 0 Å². The second-order valence-electron chi connectivity index (χ2n) is 6.70. The second-order valence-corrected chi connectivity index (χ2v) is 6.70. The average molecular weight is 264 g/mol. The molecule has 1 aromatic heterocycles. The van der Waals surface area contributed by atoms with Crippen molar-refractivity contribution in [2.24, 2.45) is 11.3 Å². The van der Waals surface area contributed by atoms with Crippen molar-refractivity contribution < 1.29 is 0 Å². The van der Waals surface area contributed by atoms with Crippen molar-refractivity contribution in [1.29, 1.82) is 0 Å². The molecule has 19 heavy (non-hydrogen) atoms. The molecular weight excluding hydrogens is 236 g/mol. The van der Waals surface area contributed by atoms with Crippen LogP contribution in [0, 0.1) is 11.3 Å². The van der Waals surface area contributed by atoms with E-state index >= 15 is 0 Å². The van der Waals surface area contributed by atoms with Crippen molar-refractivity contribution in [1.82, 2.24) is 9.97 Å². The van der Waals surface area contributed by atoms with Crippen LogP contribution in [0.5, 0.6) is 0 Å². The largest absolute Gasteiger partial charge is 0.369 e. The summed E-state index contributed by atoms with van der Waals surface area (Å²) in [6.45, 7) is 14.2. The van der Waals surface area contributed by atoms with E-state index in [9.17, 15) is 0 Å². The van der Waals surface area contributed by atoms with Gasteiger partial charge in [0.25, 0.3) is 0 Å². The highest BCUT2D eigenvalue weighted by molar-refractivity contribution is 5.46. The van der Waals surface area contributed by atoms with Crippen molar-refractivity contribution in [3.8, 4) is 0 Å². The Hall–Kier alpha value is -1.32. The van der Waals surface area contributed by atoms with E-state index in [2.05, 4.69) is 62.1 Å². The van der Waals surface area contributed by atoms with Gasteiger partial charge in [0.2, 0.25) is 0 Å². The molecule has 0 amide bonds. The first-order valence-electron chi connectivity index (χ1n) is 7.11. The quantitative estimate of drug-likeness (QED) is 0.787. The van der Waals surface area contributed by atoms with Crippen LogP contribution in [0.25, 0.3) is 0 Å². The Morgan fingerprint density at radius 1 is 1.11 bits per heavy atom. The lowest BCUT2D eigenvalue weighted by molar-refractivity contribution is 0.306. The molecule has 0 aliphatic rings. The zero-order chi connectivity index (χ0) is 14.5. The standard InChI is InChI=1S/C15H28N4/c1-11(2)8-15(5,6)9-16-13-7-14(18-10-17-13)19-12(3)4/h7,10-12H,8-9H2,1-6H3,(H2,16,17,18,19). The normalized spacial score (nSPS) is 12.0. The summed E-state index contributed by atoms with van der Waals surface area (Å²) >= 11 is 0. The third-order valence-electron chi connectivity index (χ3n) is 2.81. The smallest absolute Gasteiger partial charge is 0.131 e. The van der Waals surface area contributed by atoms with Crippen LogP contribution in [0.3, 0.4) is 0 Å². The Labute approximate surface area is 117 Å². The van der Waals surface area contributed by atoms with E-state index < -0.39 is 0 Å². The number of hydrogen-bond acceptors (Lipinski definition) is 4. The number of nitrogens with zero attached hydrogens (tertiary/aromatic N) is 2. The van der Waals surface area contributed by atoms with Gasteiger partial charge in [-0.2, -0.15) is 0 Å². The van der Waals surface area contributed by atoms with Crippen LogP contribution in [-0.2, 0) is 0 Å². The number of rotatable bonds is 7. The Balaban J connectivity index is 2.57. The van der Waals surface area contributed by atoms with E-state index in [0.29, 0.717) is 12.0 Å². The minimum atomic E-state index is 0.269. The van der Waals surface area contributed by atoms with Gasteiger partial charge in [-0.25, -0.2) is 9.97 Å². The van der Waals surface area contributed by atoms with Crippen molar-refractivity contribution in [2.75, 3.05) is 17.2 Å². The minimum absolute atomic E-state index is 0.269. The third-order valence-corrected chi connectivity index (χ3v) is 2.81. The molecule has 0 spiro atoms. The minimum Gasteiger partial charge on any atom is -0.369 e. The van der Waals surface area contributed by atoms with Gasteiger partial charge in [0.1, 0.15) is 18.0 Å². The molecule has 0 atom stereocenters. The molecule has 0 aliphatic carbocycles. The van der Waals surface area contributed by atoms with Gasteiger partial charge in [0.05, 0.1) is 0 Å². The molecule has 0 saturated heterocycles. The predicted molar refractivity (Wildman–Crippen MR) is 82.5 cm³/mol. The summed E-state index contributed by atoms with van der Waals surface area (Å²) in [7, 11) is 0. The molecule has 0 aliphatic heterocycles. The Kier molecular flexibility index (Phi) is 5.58. The molecular formula is C15H28N4. The van der Waals surface area contributed by atoms with Crippen molar-refractivity contribution in [3.05, 3.63) is 12.4 Å². The van der Waals surface area contributed by atoms with E-state index in [1.165, 1.54) is 6.42 Å². The molecule has 0 saturated carbocycles. The van der Waals surface area contributed by atoms with Gasteiger partial charge < -0.3 is 10.6 Å². The van der Waals surface area contributed by atoms with Crippen molar-refractivity contribution in [2.45, 2.75) is 54.0 Å². The molecule has 4 nitrogen and oxygen atoms in total. The molecule has 0 aromatic carbocycles. The van der Waals surface area contributed by atoms with E-state index in [-0.39, 0.29) is 5.41 Å². The van der Waals surface area contributed by atoms with Gasteiger partial charge in [-0.3, -0.25) is 0 Å². The van der Waals surface area contributed by atoms with Crippen LogP contribution in [0.2, 0.25) is 0 Å². The van der Waals surface area contributed by atoms with Crippen molar-refractivity contribution >= 4 is 11.6 Å². The lowest BCUT2D eigenvalue weighted by Crippen LogP contribution is -2.25. The molecule has 1 rings (SSSR count). The Morgan fingerprint density at radius 2 is 1.74 bits per heavy atom. The van der Waals surface area contributed by atoms with Crippen molar-refractivity contribution in [3.63, 3.8) is 0 Å². The van der Waals surface area contributed by atoms with E-state index in [0.717, 1.165) is 18.2 Å². The fourth-order valence-electron chi connectivity index (χ4n) is 2.34. The number of nitrogens with one attached hydrogen (secondary N) is 2. The predicted octanol–water partition coefficient (Wildman–Crippen LogP) is 3.78. The highest BCUT2D eigenvalue weighted by Gasteiger charge is 2.19. The summed E-state index contributed by atoms with van der Waals surface area (Å²) < 4.78 is 0. The van der Waals surface area contributed by atoms with E-state index in [1.54, 1.807) is 6.33 Å². The van der Waals surface area contributed by atoms with Gasteiger partial charge in [0, 0.05) is 18.7 Å². The summed E-state index contributed by atoms with van der Waals surface area (Å²) in [6, 6.07) is 2.34.